The largest absolute Gasteiger partial charge is 0.480 e. The van der Waals surface area contributed by atoms with Gasteiger partial charge in [0.1, 0.15) is 6.04 Å². The molecule has 1 N–H and O–H groups in total. The van der Waals surface area contributed by atoms with E-state index in [1.807, 2.05) is 0 Å². The zero-order chi connectivity index (χ0) is 13.6. The number of nitrogens with zero attached hydrogens (tertiary/aromatic N) is 2. The van der Waals surface area contributed by atoms with Gasteiger partial charge in [0.05, 0.1) is 0 Å². The Balaban J connectivity index is 4.25. The maximum atomic E-state index is 11.0. The monoisotopic (exact) mass is 282 g/mol. The summed E-state index contributed by atoms with van der Waals surface area (Å²) >= 11 is 0. The summed E-state index contributed by atoms with van der Waals surface area (Å²) in [5.74, 6) is -0.874. The first-order valence-corrected chi connectivity index (χ1v) is 8.04. The molecular weight excluding hydrogens is 262 g/mol. The van der Waals surface area contributed by atoms with E-state index in [2.05, 4.69) is 8.93 Å². The van der Waals surface area contributed by atoms with E-state index in [0.717, 1.165) is 0 Å². The first-order valence-electron chi connectivity index (χ1n) is 5.28. The Morgan fingerprint density at radius 2 is 2.18 bits per heavy atom. The smallest absolute Gasteiger partial charge is 0.321 e. The molecule has 0 aliphatic rings. The lowest BCUT2D eigenvalue weighted by Crippen LogP contribution is -2.34. The third kappa shape index (κ3) is 5.71. The number of rotatable bonds is 8. The van der Waals surface area contributed by atoms with Gasteiger partial charge in [-0.2, -0.15) is 0 Å². The van der Waals surface area contributed by atoms with Gasteiger partial charge in [0.25, 0.3) is 0 Å². The number of carbonyl (C=O) groups is 1. The Morgan fingerprint density at radius 3 is 2.53 bits per heavy atom. The van der Waals surface area contributed by atoms with Gasteiger partial charge >= 0.3 is 5.97 Å². The highest BCUT2D eigenvalue weighted by Crippen LogP contribution is 2.29. The highest BCUT2D eigenvalue weighted by Gasteiger charge is 2.31. The van der Waals surface area contributed by atoms with Crippen molar-refractivity contribution in [2.24, 2.45) is 0 Å². The van der Waals surface area contributed by atoms with Gasteiger partial charge in [-0.1, -0.05) is 8.93 Å². The van der Waals surface area contributed by atoms with E-state index in [1.54, 1.807) is 25.6 Å². The van der Waals surface area contributed by atoms with E-state index < -0.39 is 17.6 Å². The summed E-state index contributed by atoms with van der Waals surface area (Å²) in [6, 6.07) is -0.562. The lowest BCUT2D eigenvalue weighted by atomic mass is 9.96. The Hall–Kier alpha value is -0.310. The second-order valence-corrected chi connectivity index (χ2v) is 6.29. The van der Waals surface area contributed by atoms with Crippen molar-refractivity contribution >= 4 is 23.3 Å². The van der Waals surface area contributed by atoms with Gasteiger partial charge in [0.2, 0.25) is 5.54 Å². The van der Waals surface area contributed by atoms with Crippen LogP contribution in [0, 0.1) is 10.1 Å². The summed E-state index contributed by atoms with van der Waals surface area (Å²) in [5, 5.41) is 19.7. The van der Waals surface area contributed by atoms with Crippen LogP contribution in [0.3, 0.4) is 0 Å². The van der Waals surface area contributed by atoms with Gasteiger partial charge in [-0.15, -0.1) is 0 Å². The lowest BCUT2D eigenvalue weighted by Gasteiger charge is -2.23. The SMILES string of the molecule is CN(PP)C(CCCC(C)(C)[N+](=O)[O-])C(=O)O. The molecular formula is C9H20N2O4P2. The number of carboxylic acid groups (broad SMARTS) is 1. The summed E-state index contributed by atoms with van der Waals surface area (Å²) in [6.07, 6.45) is 1.35. The minimum atomic E-state index is -0.981. The van der Waals surface area contributed by atoms with Crippen LogP contribution in [0.15, 0.2) is 0 Å². The van der Waals surface area contributed by atoms with Crippen LogP contribution in [0.1, 0.15) is 33.1 Å². The fourth-order valence-corrected chi connectivity index (χ4v) is 2.35. The van der Waals surface area contributed by atoms with E-state index in [1.165, 1.54) is 0 Å². The summed E-state index contributed by atoms with van der Waals surface area (Å²) in [5.41, 5.74) is -0.981. The topological polar surface area (TPSA) is 83.7 Å². The van der Waals surface area contributed by atoms with Crippen LogP contribution in [0.4, 0.5) is 0 Å². The highest BCUT2D eigenvalue weighted by molar-refractivity contribution is 8.01. The van der Waals surface area contributed by atoms with Gasteiger partial charge in [-0.25, -0.2) is 0 Å². The van der Waals surface area contributed by atoms with Gasteiger partial charge < -0.3 is 5.11 Å². The molecule has 0 aromatic heterocycles. The number of nitro groups is 1. The second kappa shape index (κ2) is 7.20. The predicted molar refractivity (Wildman–Crippen MR) is 72.1 cm³/mol. The van der Waals surface area contributed by atoms with Crippen molar-refractivity contribution in [3.8, 4) is 0 Å². The van der Waals surface area contributed by atoms with Crippen LogP contribution in [-0.2, 0) is 4.79 Å². The fraction of sp³-hybridized carbons (Fsp3) is 0.889. The quantitative estimate of drug-likeness (QED) is 0.418. The highest BCUT2D eigenvalue weighted by atomic mass is 32.0. The van der Waals surface area contributed by atoms with Gasteiger partial charge in [0, 0.05) is 25.2 Å². The Morgan fingerprint density at radius 1 is 1.65 bits per heavy atom. The molecule has 0 rings (SSSR count). The van der Waals surface area contributed by atoms with E-state index in [-0.39, 0.29) is 4.92 Å². The maximum Gasteiger partial charge on any atom is 0.321 e. The molecule has 0 aliphatic heterocycles. The molecule has 0 bridgehead atoms. The average molecular weight is 282 g/mol. The Labute approximate surface area is 105 Å². The van der Waals surface area contributed by atoms with Crippen molar-refractivity contribution in [3.63, 3.8) is 0 Å². The number of likely N-dealkylation sites (N-methyl/N-ethyl adjacent to an activating group) is 1. The molecule has 0 aromatic rings. The molecule has 3 unspecified atom stereocenters. The van der Waals surface area contributed by atoms with Crippen LogP contribution in [0.2, 0.25) is 0 Å². The molecule has 0 amide bonds. The van der Waals surface area contributed by atoms with Crippen LogP contribution in [-0.4, -0.2) is 39.3 Å². The molecule has 0 saturated carbocycles. The fourth-order valence-electron chi connectivity index (χ4n) is 1.39. The van der Waals surface area contributed by atoms with Crippen LogP contribution in [0.5, 0.6) is 0 Å². The maximum absolute atomic E-state index is 11.0. The molecule has 100 valence electrons. The molecule has 17 heavy (non-hydrogen) atoms. The molecule has 0 aromatic carbocycles. The van der Waals surface area contributed by atoms with Gasteiger partial charge in [-0.05, 0) is 28.3 Å². The lowest BCUT2D eigenvalue weighted by molar-refractivity contribution is -0.561. The van der Waals surface area contributed by atoms with Crippen molar-refractivity contribution in [1.29, 1.82) is 0 Å². The minimum Gasteiger partial charge on any atom is -0.480 e. The summed E-state index contributed by atoms with van der Waals surface area (Å²) in [4.78, 5) is 21.4. The zero-order valence-corrected chi connectivity index (χ0v) is 12.5. The second-order valence-electron chi connectivity index (χ2n) is 4.56. The average Bonchev–Trinajstić information content (AvgIpc) is 2.22. The van der Waals surface area contributed by atoms with Crippen LogP contribution >= 0.6 is 17.3 Å². The van der Waals surface area contributed by atoms with Crippen molar-refractivity contribution in [2.75, 3.05) is 7.05 Å². The molecule has 0 heterocycles. The van der Waals surface area contributed by atoms with Crippen LogP contribution in [0.25, 0.3) is 0 Å². The van der Waals surface area contributed by atoms with Gasteiger partial charge in [0.15, 0.2) is 0 Å². The van der Waals surface area contributed by atoms with Crippen LogP contribution < -0.4 is 0 Å². The Bertz CT molecular complexity index is 286. The number of aliphatic carboxylic acids is 1. The van der Waals surface area contributed by atoms with E-state index in [9.17, 15) is 14.9 Å². The first kappa shape index (κ1) is 16.7. The molecule has 0 fully saturated rings. The molecule has 0 aliphatic carbocycles. The molecule has 6 nitrogen and oxygen atoms in total. The molecule has 0 saturated heterocycles. The van der Waals surface area contributed by atoms with Crippen molar-refractivity contribution in [2.45, 2.75) is 44.7 Å². The van der Waals surface area contributed by atoms with E-state index in [0.29, 0.717) is 27.7 Å². The minimum absolute atomic E-state index is 0.316. The van der Waals surface area contributed by atoms with E-state index in [4.69, 9.17) is 5.11 Å². The standard InChI is InChI=1S/C9H20N2O4P2/c1-9(2,11(14)15)6-4-5-7(8(12)13)10(3)17-16/h7,17H,4-6,16H2,1-3H3,(H,12,13). The van der Waals surface area contributed by atoms with Crippen molar-refractivity contribution in [3.05, 3.63) is 10.1 Å². The third-order valence-corrected chi connectivity index (χ3v) is 4.66. The van der Waals surface area contributed by atoms with E-state index >= 15 is 0 Å². The third-order valence-electron chi connectivity index (χ3n) is 2.72. The molecule has 8 heteroatoms. The number of hydrogen-bond donors (Lipinski definition) is 1. The molecule has 0 spiro atoms. The predicted octanol–water partition coefficient (Wildman–Crippen LogP) is 1.98. The number of carboxylic acids is 1. The summed E-state index contributed by atoms with van der Waals surface area (Å²) in [7, 11) is 4.57. The molecule has 0 radical (unpaired) electrons. The summed E-state index contributed by atoms with van der Waals surface area (Å²) in [6.45, 7) is 3.12. The van der Waals surface area contributed by atoms with Crippen molar-refractivity contribution < 1.29 is 14.8 Å². The number of hydrogen-bond acceptors (Lipinski definition) is 4. The summed E-state index contributed by atoms with van der Waals surface area (Å²) < 4.78 is 1.73. The Kier molecular flexibility index (Phi) is 7.07. The normalized spacial score (nSPS) is 14.4. The van der Waals surface area contributed by atoms with Gasteiger partial charge in [-0.3, -0.25) is 19.6 Å². The zero-order valence-electron chi connectivity index (χ0n) is 10.3. The first-order chi connectivity index (χ1) is 7.72. The van der Waals surface area contributed by atoms with Crippen molar-refractivity contribution in [1.82, 2.24) is 4.67 Å². The molecule has 3 atom stereocenters.